The van der Waals surface area contributed by atoms with Crippen molar-refractivity contribution in [1.82, 2.24) is 9.97 Å². The topological polar surface area (TPSA) is 90.9 Å². The number of nitrogens with two attached hydrogens (primary N) is 1. The first kappa shape index (κ1) is 22.7. The minimum absolute atomic E-state index is 0.0488. The number of fused-ring (bicyclic) bond motifs is 1. The highest BCUT2D eigenvalue weighted by atomic mass is 19.1. The fourth-order valence-electron chi connectivity index (χ4n) is 3.93. The summed E-state index contributed by atoms with van der Waals surface area (Å²) in [4.78, 5) is 10.3. The predicted octanol–water partition coefficient (Wildman–Crippen LogP) is 5.23. The number of hydrogen-bond acceptors (Lipinski definition) is 6. The van der Waals surface area contributed by atoms with Crippen LogP contribution in [0.25, 0.3) is 11.8 Å². The average Bonchev–Trinajstić information content (AvgIpc) is 2.82. The van der Waals surface area contributed by atoms with Gasteiger partial charge in [0.1, 0.15) is 29.5 Å². The van der Waals surface area contributed by atoms with E-state index in [4.69, 9.17) is 11.1 Å². The van der Waals surface area contributed by atoms with Gasteiger partial charge in [-0.05, 0) is 42.2 Å². The van der Waals surface area contributed by atoms with Crippen LogP contribution in [0.4, 0.5) is 21.7 Å². The monoisotopic (exact) mass is 452 g/mol. The molecule has 0 saturated carbocycles. The van der Waals surface area contributed by atoms with Gasteiger partial charge in [0.25, 0.3) is 0 Å². The van der Waals surface area contributed by atoms with E-state index in [1.165, 1.54) is 12.4 Å². The Kier molecular flexibility index (Phi) is 6.42. The van der Waals surface area contributed by atoms with Crippen LogP contribution < -0.4 is 16.0 Å². The fraction of sp³-hybridized carbons (Fsp3) is 0.148. The van der Waals surface area contributed by atoms with Gasteiger partial charge < -0.3 is 16.0 Å². The van der Waals surface area contributed by atoms with Crippen molar-refractivity contribution in [1.29, 1.82) is 5.41 Å². The summed E-state index contributed by atoms with van der Waals surface area (Å²) in [5.41, 5.74) is 11.0. The quantitative estimate of drug-likeness (QED) is 0.364. The molecular formula is C27H25FN6. The Hall–Kier alpha value is -4.44. The molecule has 0 radical (unpaired) electrons. The lowest BCUT2D eigenvalue weighted by Crippen LogP contribution is -2.29. The summed E-state index contributed by atoms with van der Waals surface area (Å²) >= 11 is 0. The Morgan fingerprint density at radius 2 is 2.00 bits per heavy atom. The second-order valence-corrected chi connectivity index (χ2v) is 7.77. The Balaban J connectivity index is 1.76. The maximum absolute atomic E-state index is 14.8. The molecule has 34 heavy (non-hydrogen) atoms. The number of para-hydroxylation sites is 1. The van der Waals surface area contributed by atoms with Crippen LogP contribution in [0.3, 0.4) is 0 Å². The number of halogens is 1. The van der Waals surface area contributed by atoms with Crippen molar-refractivity contribution in [2.45, 2.75) is 20.3 Å². The summed E-state index contributed by atoms with van der Waals surface area (Å²) in [6.07, 6.45) is 3.90. The SMILES string of the molecule is C=C1c2c(F)cccc2C=C(CNc2ncnc(N)c2C(=N)C#CCC)N1c1ccccc1C. The Morgan fingerprint density at radius 3 is 2.76 bits per heavy atom. The minimum atomic E-state index is -0.321. The van der Waals surface area contributed by atoms with Gasteiger partial charge in [-0.3, -0.25) is 5.41 Å². The smallest absolute Gasteiger partial charge is 0.142 e. The van der Waals surface area contributed by atoms with Crippen molar-refractivity contribution in [3.63, 3.8) is 0 Å². The fourth-order valence-corrected chi connectivity index (χ4v) is 3.93. The number of hydrogen-bond donors (Lipinski definition) is 3. The lowest BCUT2D eigenvalue weighted by Gasteiger charge is -2.35. The van der Waals surface area contributed by atoms with Crippen LogP contribution in [0.2, 0.25) is 0 Å². The van der Waals surface area contributed by atoms with Gasteiger partial charge >= 0.3 is 0 Å². The van der Waals surface area contributed by atoms with Gasteiger partial charge in [0, 0.05) is 29.1 Å². The van der Waals surface area contributed by atoms with Crippen molar-refractivity contribution in [3.05, 3.63) is 89.1 Å². The van der Waals surface area contributed by atoms with Crippen molar-refractivity contribution in [3.8, 4) is 11.8 Å². The van der Waals surface area contributed by atoms with Crippen molar-refractivity contribution in [2.75, 3.05) is 22.5 Å². The highest BCUT2D eigenvalue weighted by Crippen LogP contribution is 2.39. The third kappa shape index (κ3) is 4.26. The van der Waals surface area contributed by atoms with Gasteiger partial charge in [-0.1, -0.05) is 49.8 Å². The molecule has 0 saturated heterocycles. The van der Waals surface area contributed by atoms with E-state index in [1.54, 1.807) is 6.07 Å². The minimum Gasteiger partial charge on any atom is -0.383 e. The molecule has 2 aromatic carbocycles. The van der Waals surface area contributed by atoms with Crippen molar-refractivity contribution >= 4 is 34.8 Å². The standard InChI is InChI=1S/C27H25FN6/c1-4-5-12-22(29)25-26(30)32-16-33-27(25)31-15-20-14-19-10-8-11-21(28)24(19)18(3)34(20)23-13-7-6-9-17(23)2/h6-11,13-14,16,29H,3-4,15H2,1-2H3,(H3,30,31,32,33). The molecule has 3 aromatic rings. The number of aromatic nitrogens is 2. The number of aryl methyl sites for hydroxylation is 1. The molecule has 1 aliphatic rings. The molecule has 0 amide bonds. The Labute approximate surface area is 198 Å². The Bertz CT molecular complexity index is 1380. The van der Waals surface area contributed by atoms with Gasteiger partial charge in [0.05, 0.1) is 12.1 Å². The van der Waals surface area contributed by atoms with E-state index in [9.17, 15) is 4.39 Å². The summed E-state index contributed by atoms with van der Waals surface area (Å²) in [6, 6.07) is 12.9. The molecule has 0 bridgehead atoms. The molecule has 2 heterocycles. The summed E-state index contributed by atoms with van der Waals surface area (Å²) in [7, 11) is 0. The van der Waals surface area contributed by atoms with Crippen LogP contribution in [-0.4, -0.2) is 22.2 Å². The average molecular weight is 453 g/mol. The molecule has 0 unspecified atom stereocenters. The van der Waals surface area contributed by atoms with Crippen molar-refractivity contribution in [2.24, 2.45) is 0 Å². The first-order valence-corrected chi connectivity index (χ1v) is 10.9. The van der Waals surface area contributed by atoms with Gasteiger partial charge in [-0.15, -0.1) is 0 Å². The van der Waals surface area contributed by atoms with Gasteiger partial charge in [0.15, 0.2) is 0 Å². The molecule has 4 N–H and O–H groups in total. The number of nitrogens with zero attached hydrogens (tertiary/aromatic N) is 3. The molecule has 7 heteroatoms. The van der Waals surface area contributed by atoms with Crippen LogP contribution in [0.1, 0.15) is 35.6 Å². The first-order valence-electron chi connectivity index (χ1n) is 10.9. The third-order valence-electron chi connectivity index (χ3n) is 5.52. The van der Waals surface area contributed by atoms with E-state index in [1.807, 2.05) is 55.2 Å². The second kappa shape index (κ2) is 9.59. The molecule has 1 aliphatic heterocycles. The number of rotatable bonds is 5. The Morgan fingerprint density at radius 1 is 1.21 bits per heavy atom. The molecular weight excluding hydrogens is 427 g/mol. The van der Waals surface area contributed by atoms with Crippen LogP contribution in [0, 0.1) is 30.0 Å². The molecule has 0 atom stereocenters. The molecule has 6 nitrogen and oxygen atoms in total. The number of nitrogen functional groups attached to an aromatic ring is 1. The van der Waals surface area contributed by atoms with Crippen LogP contribution >= 0.6 is 0 Å². The van der Waals surface area contributed by atoms with Crippen LogP contribution in [0.15, 0.2) is 61.1 Å². The third-order valence-corrected chi connectivity index (χ3v) is 5.52. The molecule has 4 rings (SSSR count). The van der Waals surface area contributed by atoms with E-state index < -0.39 is 0 Å². The molecule has 0 spiro atoms. The molecule has 1 aromatic heterocycles. The van der Waals surface area contributed by atoms with E-state index in [0.717, 1.165) is 22.5 Å². The largest absolute Gasteiger partial charge is 0.383 e. The molecule has 0 aliphatic carbocycles. The summed E-state index contributed by atoms with van der Waals surface area (Å²) in [5.74, 6) is 5.94. The molecule has 0 fully saturated rings. The van der Waals surface area contributed by atoms with E-state index >= 15 is 0 Å². The predicted molar refractivity (Wildman–Crippen MR) is 137 cm³/mol. The first-order chi connectivity index (χ1) is 16.4. The van der Waals surface area contributed by atoms with Gasteiger partial charge in [0.2, 0.25) is 0 Å². The van der Waals surface area contributed by atoms with E-state index in [0.29, 0.717) is 35.6 Å². The normalized spacial score (nSPS) is 12.4. The number of benzene rings is 2. The van der Waals surface area contributed by atoms with Crippen LogP contribution in [-0.2, 0) is 0 Å². The zero-order chi connectivity index (χ0) is 24.2. The van der Waals surface area contributed by atoms with E-state index in [2.05, 4.69) is 33.7 Å². The summed E-state index contributed by atoms with van der Waals surface area (Å²) in [6.45, 7) is 8.47. The van der Waals surface area contributed by atoms with Gasteiger partial charge in [-0.25, -0.2) is 14.4 Å². The lowest BCUT2D eigenvalue weighted by molar-refractivity contribution is 0.622. The van der Waals surface area contributed by atoms with E-state index in [-0.39, 0.29) is 17.3 Å². The lowest BCUT2D eigenvalue weighted by atomic mass is 9.96. The van der Waals surface area contributed by atoms with Crippen LogP contribution in [0.5, 0.6) is 0 Å². The second-order valence-electron chi connectivity index (χ2n) is 7.77. The zero-order valence-corrected chi connectivity index (χ0v) is 19.1. The number of anilines is 3. The highest BCUT2D eigenvalue weighted by Gasteiger charge is 2.27. The van der Waals surface area contributed by atoms with Gasteiger partial charge in [-0.2, -0.15) is 0 Å². The maximum atomic E-state index is 14.8. The van der Waals surface area contributed by atoms with Crippen molar-refractivity contribution < 1.29 is 4.39 Å². The maximum Gasteiger partial charge on any atom is 0.142 e. The number of nitrogens with one attached hydrogen (secondary N) is 2. The summed E-state index contributed by atoms with van der Waals surface area (Å²) in [5, 5.41) is 11.6. The summed E-state index contributed by atoms with van der Waals surface area (Å²) < 4.78 is 14.8. The zero-order valence-electron chi connectivity index (χ0n) is 19.1. The highest BCUT2D eigenvalue weighted by molar-refractivity contribution is 6.16. The molecule has 170 valence electrons.